The van der Waals surface area contributed by atoms with Crippen LogP contribution in [0.15, 0.2) is 18.2 Å². The molecule has 0 saturated carbocycles. The van der Waals surface area contributed by atoms with Gasteiger partial charge in [0.05, 0.1) is 6.61 Å². The van der Waals surface area contributed by atoms with Gasteiger partial charge in [-0.3, -0.25) is 0 Å². The Morgan fingerprint density at radius 2 is 2.38 bits per heavy atom. The van der Waals surface area contributed by atoms with Gasteiger partial charge in [0.25, 0.3) is 0 Å². The minimum atomic E-state index is 0.173. The molecular formula is C10H11ClO2. The molecule has 1 aliphatic heterocycles. The fraction of sp³-hybridized carbons (Fsp3) is 0.400. The summed E-state index contributed by atoms with van der Waals surface area (Å²) in [5.74, 6) is 1.11. The lowest BCUT2D eigenvalue weighted by atomic mass is 9.98. The smallest absolute Gasteiger partial charge is 0.122 e. The first-order valence-corrected chi connectivity index (χ1v) is 4.69. The van der Waals surface area contributed by atoms with Crippen molar-refractivity contribution in [2.24, 2.45) is 5.92 Å². The normalized spacial score (nSPS) is 20.6. The highest BCUT2D eigenvalue weighted by Crippen LogP contribution is 2.29. The first-order valence-electron chi connectivity index (χ1n) is 4.31. The standard InChI is InChI=1S/C10H11ClO2/c11-9-1-2-10-8(4-9)3-7(5-12)6-13-10/h1-2,4,7,12H,3,5-6H2/t7-/m0/s1. The minimum absolute atomic E-state index is 0.173. The molecule has 0 fully saturated rings. The fourth-order valence-electron chi connectivity index (χ4n) is 1.54. The molecule has 70 valence electrons. The Morgan fingerprint density at radius 1 is 1.54 bits per heavy atom. The lowest BCUT2D eigenvalue weighted by Gasteiger charge is -2.23. The van der Waals surface area contributed by atoms with Gasteiger partial charge in [-0.25, -0.2) is 0 Å². The van der Waals surface area contributed by atoms with Crippen LogP contribution in [0.25, 0.3) is 0 Å². The SMILES string of the molecule is OC[C@H]1COc2ccc(Cl)cc2C1. The number of ether oxygens (including phenoxy) is 1. The van der Waals surface area contributed by atoms with E-state index in [1.165, 1.54) is 0 Å². The lowest BCUT2D eigenvalue weighted by molar-refractivity contribution is 0.147. The quantitative estimate of drug-likeness (QED) is 0.747. The van der Waals surface area contributed by atoms with Crippen LogP contribution in [-0.4, -0.2) is 18.3 Å². The predicted octanol–water partition coefficient (Wildman–Crippen LogP) is 1.88. The molecule has 0 bridgehead atoms. The summed E-state index contributed by atoms with van der Waals surface area (Å²) < 4.78 is 5.46. The lowest BCUT2D eigenvalue weighted by Crippen LogP contribution is -2.23. The number of hydrogen-bond donors (Lipinski definition) is 1. The van der Waals surface area contributed by atoms with Gasteiger partial charge in [0.15, 0.2) is 0 Å². The van der Waals surface area contributed by atoms with Crippen molar-refractivity contribution in [3.05, 3.63) is 28.8 Å². The first-order chi connectivity index (χ1) is 6.29. The van der Waals surface area contributed by atoms with Gasteiger partial charge in [0.2, 0.25) is 0 Å². The zero-order valence-electron chi connectivity index (χ0n) is 7.16. The summed E-state index contributed by atoms with van der Waals surface area (Å²) in [7, 11) is 0. The molecule has 2 nitrogen and oxygen atoms in total. The monoisotopic (exact) mass is 198 g/mol. The molecule has 0 saturated heterocycles. The molecule has 0 aromatic heterocycles. The van der Waals surface area contributed by atoms with E-state index in [1.807, 2.05) is 18.2 Å². The summed E-state index contributed by atoms with van der Waals surface area (Å²) in [6, 6.07) is 5.60. The van der Waals surface area contributed by atoms with E-state index in [4.69, 9.17) is 21.4 Å². The second-order valence-corrected chi connectivity index (χ2v) is 3.75. The number of aliphatic hydroxyl groups excluding tert-OH is 1. The Morgan fingerprint density at radius 3 is 3.15 bits per heavy atom. The Hall–Kier alpha value is -0.730. The summed E-state index contributed by atoms with van der Waals surface area (Å²) in [6.07, 6.45) is 0.854. The van der Waals surface area contributed by atoms with E-state index in [2.05, 4.69) is 0 Å². The first kappa shape index (κ1) is 8.85. The molecule has 0 spiro atoms. The average Bonchev–Trinajstić information content (AvgIpc) is 2.16. The van der Waals surface area contributed by atoms with Crippen LogP contribution >= 0.6 is 11.6 Å². The Balaban J connectivity index is 2.27. The van der Waals surface area contributed by atoms with Crippen molar-refractivity contribution < 1.29 is 9.84 Å². The third-order valence-corrected chi connectivity index (χ3v) is 2.50. The van der Waals surface area contributed by atoms with E-state index >= 15 is 0 Å². The van der Waals surface area contributed by atoms with Crippen molar-refractivity contribution in [2.75, 3.05) is 13.2 Å². The number of hydrogen-bond acceptors (Lipinski definition) is 2. The van der Waals surface area contributed by atoms with E-state index in [-0.39, 0.29) is 12.5 Å². The third kappa shape index (κ3) is 1.79. The maximum atomic E-state index is 8.97. The van der Waals surface area contributed by atoms with Gasteiger partial charge in [0.1, 0.15) is 5.75 Å². The Kier molecular flexibility index (Phi) is 2.42. The average molecular weight is 199 g/mol. The second kappa shape index (κ2) is 3.56. The van der Waals surface area contributed by atoms with Crippen LogP contribution in [0, 0.1) is 5.92 Å². The van der Waals surface area contributed by atoms with Crippen molar-refractivity contribution in [1.82, 2.24) is 0 Å². The topological polar surface area (TPSA) is 29.5 Å². The third-order valence-electron chi connectivity index (χ3n) is 2.26. The fourth-order valence-corrected chi connectivity index (χ4v) is 1.74. The van der Waals surface area contributed by atoms with Gasteiger partial charge in [-0.05, 0) is 30.2 Å². The summed E-state index contributed by atoms with van der Waals surface area (Å²) in [6.45, 7) is 0.775. The van der Waals surface area contributed by atoms with Gasteiger partial charge in [-0.15, -0.1) is 0 Å². The molecule has 2 rings (SSSR count). The van der Waals surface area contributed by atoms with E-state index in [0.29, 0.717) is 6.61 Å². The Bertz CT molecular complexity index is 312. The minimum Gasteiger partial charge on any atom is -0.493 e. The summed E-state index contributed by atoms with van der Waals surface area (Å²) in [4.78, 5) is 0. The van der Waals surface area contributed by atoms with Crippen LogP contribution in [0.4, 0.5) is 0 Å². The maximum Gasteiger partial charge on any atom is 0.122 e. The molecule has 1 aromatic carbocycles. The largest absolute Gasteiger partial charge is 0.493 e. The maximum absolute atomic E-state index is 8.97. The summed E-state index contributed by atoms with van der Waals surface area (Å²) >= 11 is 5.85. The summed E-state index contributed by atoms with van der Waals surface area (Å²) in [5.41, 5.74) is 1.10. The molecule has 0 unspecified atom stereocenters. The number of fused-ring (bicyclic) bond motifs is 1. The Labute approximate surface area is 82.1 Å². The highest BCUT2D eigenvalue weighted by molar-refractivity contribution is 6.30. The molecule has 3 heteroatoms. The van der Waals surface area contributed by atoms with Gasteiger partial charge in [0, 0.05) is 17.5 Å². The van der Waals surface area contributed by atoms with Crippen LogP contribution in [0.2, 0.25) is 5.02 Å². The number of halogens is 1. The van der Waals surface area contributed by atoms with Crippen molar-refractivity contribution in [2.45, 2.75) is 6.42 Å². The van der Waals surface area contributed by atoms with Gasteiger partial charge in [-0.1, -0.05) is 11.6 Å². The van der Waals surface area contributed by atoms with Crippen LogP contribution < -0.4 is 4.74 Å². The van der Waals surface area contributed by atoms with Gasteiger partial charge >= 0.3 is 0 Å². The van der Waals surface area contributed by atoms with Gasteiger partial charge in [-0.2, -0.15) is 0 Å². The number of aliphatic hydroxyl groups is 1. The van der Waals surface area contributed by atoms with Crippen molar-refractivity contribution in [3.8, 4) is 5.75 Å². The second-order valence-electron chi connectivity index (χ2n) is 3.32. The molecule has 1 aliphatic rings. The molecule has 0 radical (unpaired) electrons. The molecule has 0 aliphatic carbocycles. The van der Waals surface area contributed by atoms with Crippen molar-refractivity contribution >= 4 is 11.6 Å². The molecule has 1 atom stereocenters. The number of benzene rings is 1. The van der Waals surface area contributed by atoms with Crippen LogP contribution in [-0.2, 0) is 6.42 Å². The molecule has 1 aromatic rings. The molecular weight excluding hydrogens is 188 g/mol. The highest BCUT2D eigenvalue weighted by Gasteiger charge is 2.18. The number of rotatable bonds is 1. The molecule has 0 amide bonds. The van der Waals surface area contributed by atoms with E-state index in [1.54, 1.807) is 0 Å². The molecule has 1 heterocycles. The van der Waals surface area contributed by atoms with E-state index in [9.17, 15) is 0 Å². The van der Waals surface area contributed by atoms with Crippen molar-refractivity contribution in [3.63, 3.8) is 0 Å². The van der Waals surface area contributed by atoms with E-state index in [0.717, 1.165) is 22.8 Å². The van der Waals surface area contributed by atoms with Crippen LogP contribution in [0.3, 0.4) is 0 Å². The molecule has 1 N–H and O–H groups in total. The van der Waals surface area contributed by atoms with Gasteiger partial charge < -0.3 is 9.84 Å². The van der Waals surface area contributed by atoms with Crippen LogP contribution in [0.5, 0.6) is 5.75 Å². The predicted molar refractivity (Wildman–Crippen MR) is 51.2 cm³/mol. The zero-order valence-corrected chi connectivity index (χ0v) is 7.92. The van der Waals surface area contributed by atoms with E-state index < -0.39 is 0 Å². The van der Waals surface area contributed by atoms with Crippen molar-refractivity contribution in [1.29, 1.82) is 0 Å². The zero-order chi connectivity index (χ0) is 9.26. The van der Waals surface area contributed by atoms with Crippen LogP contribution in [0.1, 0.15) is 5.56 Å². The highest BCUT2D eigenvalue weighted by atomic mass is 35.5. The molecule has 13 heavy (non-hydrogen) atoms. The summed E-state index contributed by atoms with van der Waals surface area (Å²) in [5, 5.41) is 9.70.